The standard InChI is InChI=1S/C16H16N2O4/c1-2-22-14-7-4-11(5-8-14)16(21)18-17-10-12-3-6-13(19)9-15(12)20/h3-10,19-20H,2H2,1H3,(H,18,21)/b17-10+. The molecule has 22 heavy (non-hydrogen) atoms. The third-order valence-corrected chi connectivity index (χ3v) is 2.81. The number of aromatic hydroxyl groups is 2. The van der Waals surface area contributed by atoms with Gasteiger partial charge in [0, 0.05) is 17.2 Å². The van der Waals surface area contributed by atoms with Crippen LogP contribution in [0.25, 0.3) is 0 Å². The third-order valence-electron chi connectivity index (χ3n) is 2.81. The summed E-state index contributed by atoms with van der Waals surface area (Å²) in [4.78, 5) is 11.9. The van der Waals surface area contributed by atoms with Crippen LogP contribution in [0.4, 0.5) is 0 Å². The fourth-order valence-electron chi connectivity index (χ4n) is 1.74. The second-order valence-electron chi connectivity index (χ2n) is 4.40. The molecular weight excluding hydrogens is 284 g/mol. The Morgan fingerprint density at radius 2 is 1.95 bits per heavy atom. The minimum Gasteiger partial charge on any atom is -0.508 e. The first-order chi connectivity index (χ1) is 10.6. The maximum Gasteiger partial charge on any atom is 0.271 e. The van der Waals surface area contributed by atoms with Crippen molar-refractivity contribution in [3.05, 3.63) is 53.6 Å². The molecule has 0 fully saturated rings. The Hall–Kier alpha value is -3.02. The molecular formula is C16H16N2O4. The highest BCUT2D eigenvalue weighted by molar-refractivity contribution is 5.95. The number of carbonyl (C=O) groups is 1. The highest BCUT2D eigenvalue weighted by Gasteiger charge is 2.04. The number of nitrogens with zero attached hydrogens (tertiary/aromatic N) is 1. The van der Waals surface area contributed by atoms with E-state index < -0.39 is 0 Å². The zero-order valence-corrected chi connectivity index (χ0v) is 12.0. The van der Waals surface area contributed by atoms with Gasteiger partial charge in [0.15, 0.2) is 0 Å². The monoisotopic (exact) mass is 300 g/mol. The zero-order chi connectivity index (χ0) is 15.9. The first-order valence-electron chi connectivity index (χ1n) is 6.68. The number of ether oxygens (including phenoxy) is 1. The van der Waals surface area contributed by atoms with E-state index in [1.165, 1.54) is 24.4 Å². The van der Waals surface area contributed by atoms with Gasteiger partial charge in [-0.2, -0.15) is 5.10 Å². The van der Waals surface area contributed by atoms with Gasteiger partial charge in [0.05, 0.1) is 12.8 Å². The van der Waals surface area contributed by atoms with E-state index in [-0.39, 0.29) is 17.4 Å². The average molecular weight is 300 g/mol. The molecule has 6 nitrogen and oxygen atoms in total. The smallest absolute Gasteiger partial charge is 0.271 e. The van der Waals surface area contributed by atoms with E-state index in [1.807, 2.05) is 6.92 Å². The molecule has 0 unspecified atom stereocenters. The normalized spacial score (nSPS) is 10.6. The van der Waals surface area contributed by atoms with E-state index in [1.54, 1.807) is 24.3 Å². The van der Waals surface area contributed by atoms with E-state index >= 15 is 0 Å². The Balaban J connectivity index is 1.98. The predicted octanol–water partition coefficient (Wildman–Crippen LogP) is 2.26. The molecule has 0 atom stereocenters. The van der Waals surface area contributed by atoms with E-state index in [9.17, 15) is 15.0 Å². The predicted molar refractivity (Wildman–Crippen MR) is 82.4 cm³/mol. The summed E-state index contributed by atoms with van der Waals surface area (Å²) in [5.74, 6) is 0.140. The van der Waals surface area contributed by atoms with Crippen LogP contribution in [-0.4, -0.2) is 28.9 Å². The van der Waals surface area contributed by atoms with Crippen molar-refractivity contribution in [2.45, 2.75) is 6.92 Å². The molecule has 6 heteroatoms. The Morgan fingerprint density at radius 1 is 1.23 bits per heavy atom. The Morgan fingerprint density at radius 3 is 2.59 bits per heavy atom. The molecule has 2 aromatic carbocycles. The van der Waals surface area contributed by atoms with Crippen LogP contribution in [0.1, 0.15) is 22.8 Å². The van der Waals surface area contributed by atoms with Crippen molar-refractivity contribution >= 4 is 12.1 Å². The number of phenolic OH excluding ortho intramolecular Hbond substituents is 2. The van der Waals surface area contributed by atoms with E-state index in [4.69, 9.17) is 4.74 Å². The average Bonchev–Trinajstić information content (AvgIpc) is 2.50. The summed E-state index contributed by atoms with van der Waals surface area (Å²) >= 11 is 0. The summed E-state index contributed by atoms with van der Waals surface area (Å²) in [5.41, 5.74) is 3.18. The summed E-state index contributed by atoms with van der Waals surface area (Å²) in [7, 11) is 0. The molecule has 1 amide bonds. The molecule has 3 N–H and O–H groups in total. The van der Waals surface area contributed by atoms with Gasteiger partial charge in [0.2, 0.25) is 0 Å². The quantitative estimate of drug-likeness (QED) is 0.583. The van der Waals surface area contributed by atoms with Crippen molar-refractivity contribution in [2.24, 2.45) is 5.10 Å². The molecule has 0 aliphatic rings. The van der Waals surface area contributed by atoms with Gasteiger partial charge in [-0.15, -0.1) is 0 Å². The number of carbonyl (C=O) groups excluding carboxylic acids is 1. The first-order valence-corrected chi connectivity index (χ1v) is 6.68. The summed E-state index contributed by atoms with van der Waals surface area (Å²) in [6.07, 6.45) is 1.29. The van der Waals surface area contributed by atoms with Crippen molar-refractivity contribution in [1.82, 2.24) is 5.43 Å². The Labute approximate surface area is 127 Å². The summed E-state index contributed by atoms with van der Waals surface area (Å²) in [6.45, 7) is 2.44. The molecule has 0 spiro atoms. The number of hydrogen-bond acceptors (Lipinski definition) is 5. The van der Waals surface area contributed by atoms with Gasteiger partial charge in [-0.05, 0) is 43.3 Å². The largest absolute Gasteiger partial charge is 0.508 e. The van der Waals surface area contributed by atoms with E-state index in [2.05, 4.69) is 10.5 Å². The Bertz CT molecular complexity index is 681. The highest BCUT2D eigenvalue weighted by atomic mass is 16.5. The topological polar surface area (TPSA) is 91.2 Å². The molecule has 0 aliphatic heterocycles. The lowest BCUT2D eigenvalue weighted by molar-refractivity contribution is 0.0955. The van der Waals surface area contributed by atoms with E-state index in [0.29, 0.717) is 23.5 Å². The van der Waals surface area contributed by atoms with Crippen LogP contribution in [0.3, 0.4) is 0 Å². The lowest BCUT2D eigenvalue weighted by atomic mass is 10.2. The molecule has 0 saturated heterocycles. The van der Waals surface area contributed by atoms with Gasteiger partial charge in [0.1, 0.15) is 17.2 Å². The molecule has 114 valence electrons. The van der Waals surface area contributed by atoms with Crippen LogP contribution >= 0.6 is 0 Å². The van der Waals surface area contributed by atoms with Crippen molar-refractivity contribution in [3.63, 3.8) is 0 Å². The van der Waals surface area contributed by atoms with Gasteiger partial charge >= 0.3 is 0 Å². The summed E-state index contributed by atoms with van der Waals surface area (Å²) < 4.78 is 5.29. The SMILES string of the molecule is CCOc1ccc(C(=O)N/N=C/c2ccc(O)cc2O)cc1. The van der Waals surface area contributed by atoms with Crippen LogP contribution in [-0.2, 0) is 0 Å². The molecule has 0 bridgehead atoms. The van der Waals surface area contributed by atoms with Gasteiger partial charge in [-0.1, -0.05) is 0 Å². The van der Waals surface area contributed by atoms with Crippen molar-refractivity contribution in [3.8, 4) is 17.2 Å². The van der Waals surface area contributed by atoms with Crippen molar-refractivity contribution < 1.29 is 19.7 Å². The highest BCUT2D eigenvalue weighted by Crippen LogP contribution is 2.20. The molecule has 0 heterocycles. The fourth-order valence-corrected chi connectivity index (χ4v) is 1.74. The summed E-state index contributed by atoms with van der Waals surface area (Å²) in [5, 5.41) is 22.5. The number of benzene rings is 2. The Kier molecular flexibility index (Phi) is 4.98. The molecule has 0 saturated carbocycles. The van der Waals surface area contributed by atoms with Crippen molar-refractivity contribution in [1.29, 1.82) is 0 Å². The number of amides is 1. The molecule has 0 aliphatic carbocycles. The second-order valence-corrected chi connectivity index (χ2v) is 4.40. The maximum atomic E-state index is 11.9. The van der Waals surface area contributed by atoms with Crippen molar-refractivity contribution in [2.75, 3.05) is 6.61 Å². The number of rotatable bonds is 5. The number of phenols is 2. The minimum atomic E-state index is -0.377. The molecule has 0 aromatic heterocycles. The van der Waals surface area contributed by atoms with Gasteiger partial charge in [0.25, 0.3) is 5.91 Å². The van der Waals surface area contributed by atoms with E-state index in [0.717, 1.165) is 0 Å². The van der Waals surface area contributed by atoms with Gasteiger partial charge < -0.3 is 14.9 Å². The molecule has 2 rings (SSSR count). The van der Waals surface area contributed by atoms with Crippen LogP contribution in [0.15, 0.2) is 47.6 Å². The third kappa shape index (κ3) is 3.99. The fraction of sp³-hybridized carbons (Fsp3) is 0.125. The van der Waals surface area contributed by atoms with Crippen LogP contribution < -0.4 is 10.2 Å². The maximum absolute atomic E-state index is 11.9. The molecule has 0 radical (unpaired) electrons. The lowest BCUT2D eigenvalue weighted by Crippen LogP contribution is -2.17. The van der Waals surface area contributed by atoms with Gasteiger partial charge in [-0.3, -0.25) is 4.79 Å². The number of hydrazone groups is 1. The van der Waals surface area contributed by atoms with Crippen LogP contribution in [0.5, 0.6) is 17.2 Å². The minimum absolute atomic E-state index is 0.0481. The summed E-state index contributed by atoms with van der Waals surface area (Å²) in [6, 6.07) is 10.8. The van der Waals surface area contributed by atoms with Crippen LogP contribution in [0.2, 0.25) is 0 Å². The second kappa shape index (κ2) is 7.12. The first kappa shape index (κ1) is 15.4. The van der Waals surface area contributed by atoms with Crippen LogP contribution in [0, 0.1) is 0 Å². The zero-order valence-electron chi connectivity index (χ0n) is 12.0. The lowest BCUT2D eigenvalue weighted by Gasteiger charge is -2.04. The number of hydrogen-bond donors (Lipinski definition) is 3. The number of nitrogens with one attached hydrogen (secondary N) is 1. The molecule has 2 aromatic rings. The van der Waals surface area contributed by atoms with Gasteiger partial charge in [-0.25, -0.2) is 5.43 Å².